The third-order valence-electron chi connectivity index (χ3n) is 5.69. The van der Waals surface area contributed by atoms with Gasteiger partial charge in [0.2, 0.25) is 5.91 Å². The average Bonchev–Trinajstić information content (AvgIpc) is 3.17. The summed E-state index contributed by atoms with van der Waals surface area (Å²) in [7, 11) is 0. The van der Waals surface area contributed by atoms with Gasteiger partial charge in [0.25, 0.3) is 0 Å². The van der Waals surface area contributed by atoms with Gasteiger partial charge in [0.15, 0.2) is 0 Å². The van der Waals surface area contributed by atoms with E-state index in [1.807, 2.05) is 32.0 Å². The molecule has 0 radical (unpaired) electrons. The quantitative estimate of drug-likeness (QED) is 0.850. The smallest absolute Gasteiger partial charge is 0.310 e. The van der Waals surface area contributed by atoms with Crippen LogP contribution in [-0.2, 0) is 19.9 Å². The molecule has 3 aliphatic rings. The van der Waals surface area contributed by atoms with Crippen molar-refractivity contribution in [2.45, 2.75) is 44.7 Å². The number of aryl methyl sites for hydroxylation is 1. The van der Waals surface area contributed by atoms with Crippen LogP contribution in [0.25, 0.3) is 0 Å². The van der Waals surface area contributed by atoms with Crippen LogP contribution in [0.4, 0.5) is 5.69 Å². The fourth-order valence-corrected chi connectivity index (χ4v) is 4.75. The summed E-state index contributed by atoms with van der Waals surface area (Å²) in [5, 5.41) is 3.07. The molecule has 0 aliphatic carbocycles. The highest BCUT2D eigenvalue weighted by molar-refractivity contribution is 6.07. The average molecular weight is 314 g/mol. The predicted octanol–water partition coefficient (Wildman–Crippen LogP) is 2.19. The molecule has 3 atom stereocenters. The van der Waals surface area contributed by atoms with Gasteiger partial charge < -0.3 is 10.1 Å². The van der Waals surface area contributed by atoms with Gasteiger partial charge in [-0.15, -0.1) is 0 Å². The van der Waals surface area contributed by atoms with E-state index >= 15 is 0 Å². The molecule has 122 valence electrons. The monoisotopic (exact) mass is 314 g/mol. The number of esters is 1. The molecule has 1 aromatic carbocycles. The second-order valence-corrected chi connectivity index (χ2v) is 6.78. The Morgan fingerprint density at radius 2 is 2.30 bits per heavy atom. The Morgan fingerprint density at radius 3 is 3.09 bits per heavy atom. The largest absolute Gasteiger partial charge is 0.466 e. The van der Waals surface area contributed by atoms with Gasteiger partial charge in [-0.1, -0.05) is 18.2 Å². The third-order valence-corrected chi connectivity index (χ3v) is 5.69. The molecule has 2 saturated heterocycles. The number of nitrogens with zero attached hydrogens (tertiary/aromatic N) is 1. The van der Waals surface area contributed by atoms with E-state index in [2.05, 4.69) is 10.2 Å². The van der Waals surface area contributed by atoms with Crippen LogP contribution in [0.15, 0.2) is 18.2 Å². The molecular formula is C18H22N2O3. The van der Waals surface area contributed by atoms with Crippen molar-refractivity contribution in [2.24, 2.45) is 5.92 Å². The number of carbonyl (C=O) groups is 2. The Kier molecular flexibility index (Phi) is 3.23. The molecular weight excluding hydrogens is 292 g/mol. The summed E-state index contributed by atoms with van der Waals surface area (Å²) in [6.07, 6.45) is 2.51. The summed E-state index contributed by atoms with van der Waals surface area (Å²) >= 11 is 0. The molecule has 5 nitrogen and oxygen atoms in total. The summed E-state index contributed by atoms with van der Waals surface area (Å²) in [6, 6.07) is 6.16. The van der Waals surface area contributed by atoms with Crippen molar-refractivity contribution in [1.29, 1.82) is 0 Å². The van der Waals surface area contributed by atoms with E-state index < -0.39 is 5.54 Å². The normalized spacial score (nSPS) is 32.0. The van der Waals surface area contributed by atoms with E-state index in [4.69, 9.17) is 4.74 Å². The van der Waals surface area contributed by atoms with E-state index in [1.165, 1.54) is 0 Å². The van der Waals surface area contributed by atoms with Crippen molar-refractivity contribution in [3.63, 3.8) is 0 Å². The molecule has 1 amide bonds. The second-order valence-electron chi connectivity index (χ2n) is 6.78. The number of rotatable bonds is 2. The number of anilines is 1. The van der Waals surface area contributed by atoms with Crippen LogP contribution in [-0.4, -0.2) is 36.0 Å². The van der Waals surface area contributed by atoms with E-state index in [-0.39, 0.29) is 23.8 Å². The van der Waals surface area contributed by atoms with Crippen LogP contribution < -0.4 is 5.32 Å². The van der Waals surface area contributed by atoms with Gasteiger partial charge in [0.05, 0.1) is 12.5 Å². The van der Waals surface area contributed by atoms with Gasteiger partial charge in [-0.25, -0.2) is 0 Å². The van der Waals surface area contributed by atoms with Gasteiger partial charge in [-0.2, -0.15) is 0 Å². The molecule has 0 bridgehead atoms. The number of nitrogens with one attached hydrogen (secondary N) is 1. The zero-order valence-corrected chi connectivity index (χ0v) is 13.6. The number of fused-ring (bicyclic) bond motifs is 4. The number of hydrogen-bond donors (Lipinski definition) is 1. The van der Waals surface area contributed by atoms with E-state index in [1.54, 1.807) is 0 Å². The van der Waals surface area contributed by atoms with Crippen LogP contribution in [0.2, 0.25) is 0 Å². The number of hydrogen-bond acceptors (Lipinski definition) is 4. The second kappa shape index (κ2) is 5.06. The van der Waals surface area contributed by atoms with Gasteiger partial charge in [0.1, 0.15) is 5.54 Å². The minimum Gasteiger partial charge on any atom is -0.466 e. The highest BCUT2D eigenvalue weighted by Gasteiger charge is 2.63. The molecule has 4 rings (SSSR count). The number of amides is 1. The van der Waals surface area contributed by atoms with Crippen LogP contribution in [0.5, 0.6) is 0 Å². The highest BCUT2D eigenvalue weighted by Crippen LogP contribution is 2.54. The summed E-state index contributed by atoms with van der Waals surface area (Å²) in [5.41, 5.74) is 2.33. The highest BCUT2D eigenvalue weighted by atomic mass is 16.5. The maximum Gasteiger partial charge on any atom is 0.310 e. The van der Waals surface area contributed by atoms with Gasteiger partial charge in [0, 0.05) is 17.3 Å². The van der Waals surface area contributed by atoms with Crippen molar-refractivity contribution in [2.75, 3.05) is 18.5 Å². The van der Waals surface area contributed by atoms with Crippen LogP contribution >= 0.6 is 0 Å². The summed E-state index contributed by atoms with van der Waals surface area (Å²) in [6.45, 7) is 5.09. The Bertz CT molecular complexity index is 687. The lowest BCUT2D eigenvalue weighted by molar-refractivity contribution is -0.148. The number of ether oxygens (including phenoxy) is 1. The first-order valence-corrected chi connectivity index (χ1v) is 8.44. The molecule has 3 heterocycles. The van der Waals surface area contributed by atoms with Crippen LogP contribution in [0, 0.1) is 12.8 Å². The molecule has 0 aromatic heterocycles. The van der Waals surface area contributed by atoms with Gasteiger partial charge >= 0.3 is 5.97 Å². The fourth-order valence-electron chi connectivity index (χ4n) is 4.75. The molecule has 23 heavy (non-hydrogen) atoms. The lowest BCUT2D eigenvalue weighted by Crippen LogP contribution is -2.47. The number of benzene rings is 1. The zero-order chi connectivity index (χ0) is 16.2. The van der Waals surface area contributed by atoms with Gasteiger partial charge in [-0.05, 0) is 45.2 Å². The maximum absolute atomic E-state index is 13.0. The predicted molar refractivity (Wildman–Crippen MR) is 86.0 cm³/mol. The lowest BCUT2D eigenvalue weighted by atomic mass is 9.84. The van der Waals surface area contributed by atoms with E-state index in [0.717, 1.165) is 36.2 Å². The topological polar surface area (TPSA) is 58.6 Å². The van der Waals surface area contributed by atoms with E-state index in [9.17, 15) is 9.59 Å². The molecule has 0 saturated carbocycles. The Morgan fingerprint density at radius 1 is 1.48 bits per heavy atom. The van der Waals surface area contributed by atoms with Gasteiger partial charge in [-0.3, -0.25) is 14.5 Å². The first kappa shape index (κ1) is 14.7. The molecule has 3 unspecified atom stereocenters. The molecule has 1 N–H and O–H groups in total. The fraction of sp³-hybridized carbons (Fsp3) is 0.556. The third kappa shape index (κ3) is 1.83. The SMILES string of the molecule is CCOC(=O)C1CC2(C(=O)Nc3c(C)cccc32)N2CCCC12. The Balaban J connectivity index is 1.81. The number of carbonyl (C=O) groups excluding carboxylic acids is 2. The summed E-state index contributed by atoms with van der Waals surface area (Å²) in [5.74, 6) is -0.356. The van der Waals surface area contributed by atoms with Crippen molar-refractivity contribution in [1.82, 2.24) is 4.90 Å². The lowest BCUT2D eigenvalue weighted by Gasteiger charge is -2.32. The maximum atomic E-state index is 13.0. The Labute approximate surface area is 136 Å². The molecule has 1 spiro atoms. The zero-order valence-electron chi connectivity index (χ0n) is 13.6. The van der Waals surface area contributed by atoms with Crippen molar-refractivity contribution in [3.8, 4) is 0 Å². The van der Waals surface area contributed by atoms with E-state index in [0.29, 0.717) is 13.0 Å². The summed E-state index contributed by atoms with van der Waals surface area (Å²) < 4.78 is 5.29. The minimum atomic E-state index is -0.694. The minimum absolute atomic E-state index is 0.0144. The Hall–Kier alpha value is -1.88. The standard InChI is InChI=1S/C18H22N2O3/c1-3-23-16(21)12-10-18(20-9-5-8-14(12)20)13-7-4-6-11(2)15(13)19-17(18)22/h4,6-7,12,14H,3,5,8-10H2,1-2H3,(H,19,22). The summed E-state index contributed by atoms with van der Waals surface area (Å²) in [4.78, 5) is 27.7. The molecule has 5 heteroatoms. The van der Waals surface area contributed by atoms with Crippen molar-refractivity contribution < 1.29 is 14.3 Å². The first-order chi connectivity index (χ1) is 11.1. The molecule has 1 aromatic rings. The van der Waals surface area contributed by atoms with Crippen LogP contribution in [0.1, 0.15) is 37.3 Å². The van der Waals surface area contributed by atoms with Crippen molar-refractivity contribution >= 4 is 17.6 Å². The van der Waals surface area contributed by atoms with Crippen LogP contribution in [0.3, 0.4) is 0 Å². The molecule has 3 aliphatic heterocycles. The number of para-hydroxylation sites is 1. The first-order valence-electron chi connectivity index (χ1n) is 8.44. The molecule has 2 fully saturated rings. The van der Waals surface area contributed by atoms with Crippen molar-refractivity contribution in [3.05, 3.63) is 29.3 Å².